The highest BCUT2D eigenvalue weighted by molar-refractivity contribution is 5.98. The molecule has 0 aliphatic heterocycles. The van der Waals surface area contributed by atoms with Crippen molar-refractivity contribution in [3.8, 4) is 5.75 Å². The lowest BCUT2D eigenvalue weighted by atomic mass is 10.0. The van der Waals surface area contributed by atoms with Gasteiger partial charge in [-0.25, -0.2) is 4.79 Å². The molecule has 0 atom stereocenters. The predicted molar refractivity (Wildman–Crippen MR) is 90.1 cm³/mol. The zero-order valence-electron chi connectivity index (χ0n) is 13.5. The molecule has 0 spiro atoms. The van der Waals surface area contributed by atoms with Crippen molar-refractivity contribution in [2.24, 2.45) is 0 Å². The molecule has 0 aromatic heterocycles. The van der Waals surface area contributed by atoms with Crippen molar-refractivity contribution in [2.45, 2.75) is 26.4 Å². The Hall–Kier alpha value is -2.55. The van der Waals surface area contributed by atoms with Crippen molar-refractivity contribution in [3.05, 3.63) is 70.8 Å². The van der Waals surface area contributed by atoms with Crippen LogP contribution in [0.25, 0.3) is 5.57 Å². The van der Waals surface area contributed by atoms with Crippen LogP contribution in [-0.4, -0.2) is 13.1 Å². The number of fused-ring (bicyclic) bond motifs is 1. The number of benzene rings is 2. The smallest absolute Gasteiger partial charge is 0.333 e. The third-order valence-electron chi connectivity index (χ3n) is 4.24. The van der Waals surface area contributed by atoms with Gasteiger partial charge in [-0.05, 0) is 54.2 Å². The van der Waals surface area contributed by atoms with E-state index in [4.69, 9.17) is 9.47 Å². The SMILES string of the molecule is COC(=O)/C(C)=C1\CCc2cc(OCc3ccccc3)ccc21. The Morgan fingerprint density at radius 1 is 1.09 bits per heavy atom. The number of hydrogen-bond donors (Lipinski definition) is 0. The van der Waals surface area contributed by atoms with Crippen LogP contribution in [0, 0.1) is 0 Å². The number of carbonyl (C=O) groups is 1. The maximum Gasteiger partial charge on any atom is 0.333 e. The summed E-state index contributed by atoms with van der Waals surface area (Å²) >= 11 is 0. The Kier molecular flexibility index (Phi) is 4.47. The first-order valence-electron chi connectivity index (χ1n) is 7.77. The van der Waals surface area contributed by atoms with Gasteiger partial charge in [-0.2, -0.15) is 0 Å². The predicted octanol–water partition coefficient (Wildman–Crippen LogP) is 4.16. The first kappa shape index (κ1) is 15.3. The summed E-state index contributed by atoms with van der Waals surface area (Å²) in [5.41, 5.74) is 5.30. The number of hydrogen-bond acceptors (Lipinski definition) is 3. The van der Waals surface area contributed by atoms with Crippen molar-refractivity contribution in [2.75, 3.05) is 7.11 Å². The quantitative estimate of drug-likeness (QED) is 0.628. The van der Waals surface area contributed by atoms with Crippen molar-refractivity contribution < 1.29 is 14.3 Å². The van der Waals surface area contributed by atoms with E-state index >= 15 is 0 Å². The largest absolute Gasteiger partial charge is 0.489 e. The molecule has 1 aliphatic rings. The molecule has 23 heavy (non-hydrogen) atoms. The Balaban J connectivity index is 1.78. The number of carbonyl (C=O) groups excluding carboxylic acids is 1. The summed E-state index contributed by atoms with van der Waals surface area (Å²) in [4.78, 5) is 11.7. The van der Waals surface area contributed by atoms with Gasteiger partial charge in [0.2, 0.25) is 0 Å². The number of allylic oxidation sites excluding steroid dienone is 1. The van der Waals surface area contributed by atoms with E-state index in [0.29, 0.717) is 12.2 Å². The summed E-state index contributed by atoms with van der Waals surface area (Å²) < 4.78 is 10.7. The van der Waals surface area contributed by atoms with Gasteiger partial charge in [0.25, 0.3) is 0 Å². The topological polar surface area (TPSA) is 35.5 Å². The van der Waals surface area contributed by atoms with Crippen LogP contribution in [0.4, 0.5) is 0 Å². The van der Waals surface area contributed by atoms with Crippen LogP contribution in [0.15, 0.2) is 54.1 Å². The molecule has 3 nitrogen and oxygen atoms in total. The highest BCUT2D eigenvalue weighted by Gasteiger charge is 2.21. The van der Waals surface area contributed by atoms with E-state index in [-0.39, 0.29) is 5.97 Å². The van der Waals surface area contributed by atoms with Crippen LogP contribution in [0.3, 0.4) is 0 Å². The van der Waals surface area contributed by atoms with Crippen LogP contribution in [0.2, 0.25) is 0 Å². The lowest BCUT2D eigenvalue weighted by Gasteiger charge is -2.09. The van der Waals surface area contributed by atoms with Crippen LogP contribution in [0.1, 0.15) is 30.0 Å². The van der Waals surface area contributed by atoms with E-state index in [1.807, 2.05) is 49.4 Å². The first-order valence-corrected chi connectivity index (χ1v) is 7.77. The molecule has 2 aromatic carbocycles. The van der Waals surface area contributed by atoms with Gasteiger partial charge >= 0.3 is 5.97 Å². The molecule has 2 aromatic rings. The molecule has 0 radical (unpaired) electrons. The van der Waals surface area contributed by atoms with Gasteiger partial charge < -0.3 is 9.47 Å². The van der Waals surface area contributed by atoms with Crippen molar-refractivity contribution in [1.82, 2.24) is 0 Å². The van der Waals surface area contributed by atoms with Crippen LogP contribution < -0.4 is 4.74 Å². The van der Waals surface area contributed by atoms with E-state index in [0.717, 1.165) is 35.3 Å². The fourth-order valence-electron chi connectivity index (χ4n) is 2.96. The molecule has 3 rings (SSSR count). The second kappa shape index (κ2) is 6.69. The van der Waals surface area contributed by atoms with Gasteiger partial charge in [0.1, 0.15) is 12.4 Å². The van der Waals surface area contributed by atoms with Crippen LogP contribution in [0.5, 0.6) is 5.75 Å². The second-order valence-electron chi connectivity index (χ2n) is 5.69. The molecule has 0 unspecified atom stereocenters. The van der Waals surface area contributed by atoms with Crippen LogP contribution >= 0.6 is 0 Å². The summed E-state index contributed by atoms with van der Waals surface area (Å²) in [6.45, 7) is 2.39. The molecule has 0 heterocycles. The number of aryl methyl sites for hydroxylation is 1. The lowest BCUT2D eigenvalue weighted by Crippen LogP contribution is -2.03. The maximum atomic E-state index is 11.7. The third kappa shape index (κ3) is 3.29. The third-order valence-corrected chi connectivity index (χ3v) is 4.24. The van der Waals surface area contributed by atoms with Gasteiger partial charge in [0, 0.05) is 5.57 Å². The van der Waals surface area contributed by atoms with Crippen molar-refractivity contribution in [1.29, 1.82) is 0 Å². The number of methoxy groups -OCH3 is 1. The van der Waals surface area contributed by atoms with Gasteiger partial charge in [-0.3, -0.25) is 0 Å². The number of esters is 1. The standard InChI is InChI=1S/C20H20O3/c1-14(20(21)22-2)18-10-8-16-12-17(9-11-19(16)18)23-13-15-6-4-3-5-7-15/h3-7,9,11-12H,8,10,13H2,1-2H3/b18-14+. The molecule has 0 N–H and O–H groups in total. The number of ether oxygens (including phenoxy) is 2. The van der Waals surface area contributed by atoms with E-state index < -0.39 is 0 Å². The summed E-state index contributed by atoms with van der Waals surface area (Å²) in [5.74, 6) is 0.613. The Bertz CT molecular complexity index is 745. The minimum Gasteiger partial charge on any atom is -0.489 e. The van der Waals surface area contributed by atoms with Crippen LogP contribution in [-0.2, 0) is 22.6 Å². The maximum absolute atomic E-state index is 11.7. The molecule has 1 aliphatic carbocycles. The molecular weight excluding hydrogens is 288 g/mol. The second-order valence-corrected chi connectivity index (χ2v) is 5.69. The molecule has 0 saturated heterocycles. The molecule has 0 fully saturated rings. The fraction of sp³-hybridized carbons (Fsp3) is 0.250. The molecule has 0 amide bonds. The monoisotopic (exact) mass is 308 g/mol. The molecule has 118 valence electrons. The van der Waals surface area contributed by atoms with Gasteiger partial charge in [-0.1, -0.05) is 36.4 Å². The summed E-state index contributed by atoms with van der Waals surface area (Å²) in [5, 5.41) is 0. The minimum atomic E-state index is -0.253. The van der Waals surface area contributed by atoms with Gasteiger partial charge in [0.15, 0.2) is 0 Å². The highest BCUT2D eigenvalue weighted by atomic mass is 16.5. The molecule has 3 heteroatoms. The van der Waals surface area contributed by atoms with E-state index in [9.17, 15) is 4.79 Å². The fourth-order valence-corrected chi connectivity index (χ4v) is 2.96. The molecule has 0 saturated carbocycles. The minimum absolute atomic E-state index is 0.253. The highest BCUT2D eigenvalue weighted by Crippen LogP contribution is 2.36. The summed E-state index contributed by atoms with van der Waals surface area (Å²) in [6, 6.07) is 16.2. The van der Waals surface area contributed by atoms with E-state index in [1.54, 1.807) is 0 Å². The Morgan fingerprint density at radius 3 is 2.61 bits per heavy atom. The normalized spacial score (nSPS) is 15.0. The zero-order chi connectivity index (χ0) is 16.2. The molecular formula is C20H20O3. The van der Waals surface area contributed by atoms with Gasteiger partial charge in [-0.15, -0.1) is 0 Å². The van der Waals surface area contributed by atoms with Crippen molar-refractivity contribution >= 4 is 11.5 Å². The lowest BCUT2D eigenvalue weighted by molar-refractivity contribution is -0.135. The average Bonchev–Trinajstić information content (AvgIpc) is 3.02. The van der Waals surface area contributed by atoms with E-state index in [2.05, 4.69) is 6.07 Å². The average molecular weight is 308 g/mol. The summed E-state index contributed by atoms with van der Waals surface area (Å²) in [6.07, 6.45) is 1.81. The number of rotatable bonds is 4. The Morgan fingerprint density at radius 2 is 1.87 bits per heavy atom. The Labute approximate surface area is 136 Å². The first-order chi connectivity index (χ1) is 11.2. The van der Waals surface area contributed by atoms with Crippen molar-refractivity contribution in [3.63, 3.8) is 0 Å². The van der Waals surface area contributed by atoms with Gasteiger partial charge in [0.05, 0.1) is 7.11 Å². The zero-order valence-corrected chi connectivity index (χ0v) is 13.5. The summed E-state index contributed by atoms with van der Waals surface area (Å²) in [7, 11) is 1.42. The van der Waals surface area contributed by atoms with E-state index in [1.165, 1.54) is 12.7 Å². The molecule has 0 bridgehead atoms.